The molecule has 0 saturated carbocycles. The number of benzene rings is 2. The second-order valence-electron chi connectivity index (χ2n) is 7.18. The van der Waals surface area contributed by atoms with Crippen molar-refractivity contribution in [2.75, 3.05) is 19.5 Å². The number of carbonyl (C=O) groups excluding carboxylic acids is 2. The van der Waals surface area contributed by atoms with E-state index in [4.69, 9.17) is 21.1 Å². The standard InChI is InChI=1S/C25H21ClN4O4/c1-27-24(31)22-13-19(9-10-28-22)34-18-6-3-15(4-7-18)16-11-21(29-14-16)25(32)30-20-12-17(26)5-8-23(20)33-2/h3-14,29H,1-2H3,(H,27,31)(H,30,32). The van der Waals surface area contributed by atoms with Crippen LogP contribution in [0.5, 0.6) is 17.2 Å². The molecule has 0 aliphatic carbocycles. The Morgan fingerprint density at radius 3 is 2.47 bits per heavy atom. The normalized spacial score (nSPS) is 10.4. The Hall–Kier alpha value is -4.30. The molecular formula is C25H21ClN4O4. The molecule has 2 heterocycles. The molecule has 0 aliphatic rings. The van der Waals surface area contributed by atoms with Crippen LogP contribution in [0.4, 0.5) is 5.69 Å². The Morgan fingerprint density at radius 1 is 0.941 bits per heavy atom. The topological polar surface area (TPSA) is 105 Å². The highest BCUT2D eigenvalue weighted by Gasteiger charge is 2.13. The number of amides is 2. The summed E-state index contributed by atoms with van der Waals surface area (Å²) in [5.74, 6) is 0.993. The number of aromatic nitrogens is 2. The smallest absolute Gasteiger partial charge is 0.272 e. The SMILES string of the molecule is CNC(=O)c1cc(Oc2ccc(-c3c[nH]c(C(=O)Nc4cc(Cl)ccc4OC)c3)cc2)ccn1. The highest BCUT2D eigenvalue weighted by Crippen LogP contribution is 2.29. The van der Waals surface area contributed by atoms with E-state index in [0.29, 0.717) is 33.7 Å². The molecule has 0 bridgehead atoms. The number of methoxy groups -OCH3 is 1. The number of H-pyrrole nitrogens is 1. The van der Waals surface area contributed by atoms with Crippen molar-refractivity contribution in [3.8, 4) is 28.4 Å². The molecule has 0 atom stereocenters. The number of pyridine rings is 1. The van der Waals surface area contributed by atoms with Gasteiger partial charge in [-0.2, -0.15) is 0 Å². The Bertz CT molecular complexity index is 1340. The zero-order valence-corrected chi connectivity index (χ0v) is 19.1. The average molecular weight is 477 g/mol. The van der Waals surface area contributed by atoms with Crippen LogP contribution in [0.1, 0.15) is 21.0 Å². The quantitative estimate of drug-likeness (QED) is 0.342. The summed E-state index contributed by atoms with van der Waals surface area (Å²) in [6, 6.07) is 17.4. The van der Waals surface area contributed by atoms with Crippen LogP contribution >= 0.6 is 11.6 Å². The van der Waals surface area contributed by atoms with Crippen molar-refractivity contribution >= 4 is 29.1 Å². The summed E-state index contributed by atoms with van der Waals surface area (Å²) >= 11 is 6.03. The van der Waals surface area contributed by atoms with Gasteiger partial charge in [-0.3, -0.25) is 14.6 Å². The fourth-order valence-electron chi connectivity index (χ4n) is 3.24. The maximum atomic E-state index is 12.7. The maximum Gasteiger partial charge on any atom is 0.272 e. The number of carbonyl (C=O) groups is 2. The van der Waals surface area contributed by atoms with Crippen LogP contribution in [-0.2, 0) is 0 Å². The summed E-state index contributed by atoms with van der Waals surface area (Å²) in [5, 5.41) is 5.82. The van der Waals surface area contributed by atoms with E-state index in [-0.39, 0.29) is 17.5 Å². The maximum absolute atomic E-state index is 12.7. The van der Waals surface area contributed by atoms with Crippen LogP contribution in [0.25, 0.3) is 11.1 Å². The Kier molecular flexibility index (Phi) is 6.79. The van der Waals surface area contributed by atoms with Gasteiger partial charge in [0.05, 0.1) is 12.8 Å². The lowest BCUT2D eigenvalue weighted by molar-refractivity contribution is 0.0957. The number of hydrogen-bond acceptors (Lipinski definition) is 5. The molecule has 2 amide bonds. The number of ether oxygens (including phenoxy) is 2. The van der Waals surface area contributed by atoms with E-state index < -0.39 is 0 Å². The van der Waals surface area contributed by atoms with Gasteiger partial charge in [-0.15, -0.1) is 0 Å². The average Bonchev–Trinajstić information content (AvgIpc) is 3.35. The first kappa shape index (κ1) is 22.9. The number of rotatable bonds is 7. The van der Waals surface area contributed by atoms with Crippen molar-refractivity contribution < 1.29 is 19.1 Å². The van der Waals surface area contributed by atoms with E-state index in [9.17, 15) is 9.59 Å². The molecule has 8 nitrogen and oxygen atoms in total. The van der Waals surface area contributed by atoms with Gasteiger partial charge in [0.15, 0.2) is 0 Å². The van der Waals surface area contributed by atoms with E-state index in [1.54, 1.807) is 61.8 Å². The monoisotopic (exact) mass is 476 g/mol. The summed E-state index contributed by atoms with van der Waals surface area (Å²) in [7, 11) is 3.06. The van der Waals surface area contributed by atoms with Crippen LogP contribution in [0.3, 0.4) is 0 Å². The summed E-state index contributed by atoms with van der Waals surface area (Å²) < 4.78 is 11.1. The lowest BCUT2D eigenvalue weighted by Gasteiger charge is -2.09. The Morgan fingerprint density at radius 2 is 1.74 bits per heavy atom. The zero-order chi connectivity index (χ0) is 24.1. The second kappa shape index (κ2) is 10.1. The molecule has 172 valence electrons. The van der Waals surface area contributed by atoms with Crippen LogP contribution < -0.4 is 20.1 Å². The number of halogens is 1. The fourth-order valence-corrected chi connectivity index (χ4v) is 3.41. The van der Waals surface area contributed by atoms with Gasteiger partial charge in [0, 0.05) is 30.5 Å². The van der Waals surface area contributed by atoms with Crippen molar-refractivity contribution in [1.29, 1.82) is 0 Å². The number of nitrogens with zero attached hydrogens (tertiary/aromatic N) is 1. The van der Waals surface area contributed by atoms with E-state index in [0.717, 1.165) is 11.1 Å². The molecule has 2 aromatic carbocycles. The molecule has 0 radical (unpaired) electrons. The van der Waals surface area contributed by atoms with Gasteiger partial charge < -0.3 is 25.1 Å². The number of anilines is 1. The van der Waals surface area contributed by atoms with E-state index in [1.807, 2.05) is 12.1 Å². The van der Waals surface area contributed by atoms with Gasteiger partial charge in [-0.25, -0.2) is 0 Å². The van der Waals surface area contributed by atoms with Gasteiger partial charge >= 0.3 is 0 Å². The molecule has 0 fully saturated rings. The van der Waals surface area contributed by atoms with Gasteiger partial charge in [0.2, 0.25) is 0 Å². The Balaban J connectivity index is 1.45. The van der Waals surface area contributed by atoms with Crippen molar-refractivity contribution in [1.82, 2.24) is 15.3 Å². The summed E-state index contributed by atoms with van der Waals surface area (Å²) in [4.78, 5) is 31.5. The summed E-state index contributed by atoms with van der Waals surface area (Å²) in [6.45, 7) is 0. The van der Waals surface area contributed by atoms with Crippen LogP contribution in [0.15, 0.2) is 73.1 Å². The molecule has 0 saturated heterocycles. The highest BCUT2D eigenvalue weighted by molar-refractivity contribution is 6.31. The molecule has 9 heteroatoms. The van der Waals surface area contributed by atoms with Crippen molar-refractivity contribution in [3.05, 3.63) is 89.5 Å². The first-order valence-corrected chi connectivity index (χ1v) is 10.6. The highest BCUT2D eigenvalue weighted by atomic mass is 35.5. The molecule has 3 N–H and O–H groups in total. The zero-order valence-electron chi connectivity index (χ0n) is 18.4. The van der Waals surface area contributed by atoms with E-state index in [1.165, 1.54) is 13.3 Å². The lowest BCUT2D eigenvalue weighted by Crippen LogP contribution is -2.18. The minimum Gasteiger partial charge on any atom is -0.495 e. The third kappa shape index (κ3) is 5.19. The minimum atomic E-state index is -0.323. The third-order valence-electron chi connectivity index (χ3n) is 4.95. The largest absolute Gasteiger partial charge is 0.495 e. The molecule has 34 heavy (non-hydrogen) atoms. The van der Waals surface area contributed by atoms with Crippen LogP contribution in [0.2, 0.25) is 5.02 Å². The van der Waals surface area contributed by atoms with Crippen LogP contribution in [-0.4, -0.2) is 35.9 Å². The van der Waals surface area contributed by atoms with Gasteiger partial charge in [0.1, 0.15) is 28.6 Å². The first-order valence-electron chi connectivity index (χ1n) is 10.3. The number of hydrogen-bond donors (Lipinski definition) is 3. The summed E-state index contributed by atoms with van der Waals surface area (Å²) in [6.07, 6.45) is 3.26. The van der Waals surface area contributed by atoms with E-state index >= 15 is 0 Å². The summed E-state index contributed by atoms with van der Waals surface area (Å²) in [5.41, 5.74) is 2.86. The molecule has 0 spiro atoms. The third-order valence-corrected chi connectivity index (χ3v) is 5.19. The molecule has 4 aromatic rings. The van der Waals surface area contributed by atoms with Gasteiger partial charge in [-0.05, 0) is 53.6 Å². The van der Waals surface area contributed by atoms with Gasteiger partial charge in [0.25, 0.3) is 11.8 Å². The van der Waals surface area contributed by atoms with Crippen molar-refractivity contribution in [2.24, 2.45) is 0 Å². The molecule has 0 unspecified atom stereocenters. The predicted octanol–water partition coefficient (Wildman–Crippen LogP) is 5.14. The molecule has 4 rings (SSSR count). The van der Waals surface area contributed by atoms with Crippen molar-refractivity contribution in [2.45, 2.75) is 0 Å². The second-order valence-corrected chi connectivity index (χ2v) is 7.62. The van der Waals surface area contributed by atoms with Gasteiger partial charge in [-0.1, -0.05) is 23.7 Å². The Labute approximate surface area is 200 Å². The number of aromatic amines is 1. The molecule has 0 aliphatic heterocycles. The van der Waals surface area contributed by atoms with E-state index in [2.05, 4.69) is 20.6 Å². The predicted molar refractivity (Wildman–Crippen MR) is 130 cm³/mol. The number of nitrogens with one attached hydrogen (secondary N) is 3. The minimum absolute atomic E-state index is 0.269. The first-order chi connectivity index (χ1) is 16.5. The molecular weight excluding hydrogens is 456 g/mol. The molecule has 2 aromatic heterocycles. The fraction of sp³-hybridized carbons (Fsp3) is 0.0800. The van der Waals surface area contributed by atoms with Crippen molar-refractivity contribution in [3.63, 3.8) is 0 Å². The van der Waals surface area contributed by atoms with Crippen LogP contribution in [0, 0.1) is 0 Å². The lowest BCUT2D eigenvalue weighted by atomic mass is 10.1.